The molecule has 0 aromatic heterocycles. The summed E-state index contributed by atoms with van der Waals surface area (Å²) in [5.74, 6) is 0.830. The summed E-state index contributed by atoms with van der Waals surface area (Å²) >= 11 is 0. The highest BCUT2D eigenvalue weighted by molar-refractivity contribution is 5.98. The SMILES string of the molecule is Cc1ccccc1C(=O)COc1ccc2c(c1)CCC2. The van der Waals surface area contributed by atoms with Crippen molar-refractivity contribution >= 4 is 5.78 Å². The smallest absolute Gasteiger partial charge is 0.200 e. The Balaban J connectivity index is 1.68. The number of carbonyl (C=O) groups excluding carboxylic acids is 1. The van der Waals surface area contributed by atoms with Crippen molar-refractivity contribution in [3.8, 4) is 5.75 Å². The van der Waals surface area contributed by atoms with Crippen LogP contribution in [0.4, 0.5) is 0 Å². The molecule has 0 amide bonds. The predicted octanol–water partition coefficient (Wildman–Crippen LogP) is 3.75. The second kappa shape index (κ2) is 5.49. The lowest BCUT2D eigenvalue weighted by Crippen LogP contribution is -2.12. The van der Waals surface area contributed by atoms with Gasteiger partial charge in [-0.15, -0.1) is 0 Å². The third kappa shape index (κ3) is 2.60. The predicted molar refractivity (Wildman–Crippen MR) is 79.5 cm³/mol. The van der Waals surface area contributed by atoms with Crippen molar-refractivity contribution in [1.82, 2.24) is 0 Å². The molecule has 1 aliphatic carbocycles. The molecule has 0 saturated carbocycles. The number of ether oxygens (including phenoxy) is 1. The lowest BCUT2D eigenvalue weighted by atomic mass is 10.1. The largest absolute Gasteiger partial charge is 0.485 e. The van der Waals surface area contributed by atoms with Crippen molar-refractivity contribution in [3.63, 3.8) is 0 Å². The van der Waals surface area contributed by atoms with E-state index >= 15 is 0 Å². The average Bonchev–Trinajstić information content (AvgIpc) is 2.92. The zero-order valence-electron chi connectivity index (χ0n) is 11.7. The first-order valence-corrected chi connectivity index (χ1v) is 7.07. The maximum absolute atomic E-state index is 12.1. The Morgan fingerprint density at radius 1 is 1.10 bits per heavy atom. The number of hydrogen-bond donors (Lipinski definition) is 0. The summed E-state index contributed by atoms with van der Waals surface area (Å²) in [6, 6.07) is 13.8. The Morgan fingerprint density at radius 2 is 1.90 bits per heavy atom. The van der Waals surface area contributed by atoms with Crippen molar-refractivity contribution in [2.75, 3.05) is 6.61 Å². The molecule has 0 spiro atoms. The van der Waals surface area contributed by atoms with Crippen LogP contribution in [0, 0.1) is 6.92 Å². The lowest BCUT2D eigenvalue weighted by molar-refractivity contribution is 0.0921. The fourth-order valence-electron chi connectivity index (χ4n) is 2.75. The number of aryl methyl sites for hydroxylation is 3. The van der Waals surface area contributed by atoms with Crippen molar-refractivity contribution in [2.45, 2.75) is 26.2 Å². The van der Waals surface area contributed by atoms with Gasteiger partial charge < -0.3 is 4.74 Å². The van der Waals surface area contributed by atoms with Crippen LogP contribution in [0.25, 0.3) is 0 Å². The van der Waals surface area contributed by atoms with Crippen LogP contribution in [0.3, 0.4) is 0 Å². The molecular formula is C18H18O2. The third-order valence-corrected chi connectivity index (χ3v) is 3.89. The summed E-state index contributed by atoms with van der Waals surface area (Å²) in [6.45, 7) is 2.05. The van der Waals surface area contributed by atoms with Crippen LogP contribution in [-0.2, 0) is 12.8 Å². The Kier molecular flexibility index (Phi) is 3.55. The maximum Gasteiger partial charge on any atom is 0.200 e. The van der Waals surface area contributed by atoms with Gasteiger partial charge in [-0.2, -0.15) is 0 Å². The van der Waals surface area contributed by atoms with Gasteiger partial charge >= 0.3 is 0 Å². The molecule has 0 unspecified atom stereocenters. The average molecular weight is 266 g/mol. The topological polar surface area (TPSA) is 26.3 Å². The first-order chi connectivity index (χ1) is 9.74. The van der Waals surface area contributed by atoms with Gasteiger partial charge in [0.15, 0.2) is 12.4 Å². The standard InChI is InChI=1S/C18H18O2/c1-13-5-2-3-8-17(13)18(19)12-20-16-10-9-14-6-4-7-15(14)11-16/h2-3,5,8-11H,4,6-7,12H2,1H3. The Labute approximate surface area is 119 Å². The second-order valence-corrected chi connectivity index (χ2v) is 5.31. The molecule has 1 aliphatic rings. The van der Waals surface area contributed by atoms with Crippen LogP contribution in [0.15, 0.2) is 42.5 Å². The first kappa shape index (κ1) is 12.9. The molecule has 0 radical (unpaired) electrons. The van der Waals surface area contributed by atoms with Gasteiger partial charge in [-0.25, -0.2) is 0 Å². The molecule has 102 valence electrons. The van der Waals surface area contributed by atoms with Gasteiger partial charge in [-0.05, 0) is 55.0 Å². The molecule has 0 saturated heterocycles. The molecule has 0 bridgehead atoms. The van der Waals surface area contributed by atoms with Crippen molar-refractivity contribution in [1.29, 1.82) is 0 Å². The molecule has 2 aromatic rings. The summed E-state index contributed by atoms with van der Waals surface area (Å²) in [4.78, 5) is 12.1. The van der Waals surface area contributed by atoms with Crippen LogP contribution in [0.1, 0.15) is 33.5 Å². The van der Waals surface area contributed by atoms with Crippen molar-refractivity contribution < 1.29 is 9.53 Å². The molecular weight excluding hydrogens is 248 g/mol. The van der Waals surface area contributed by atoms with Gasteiger partial charge in [-0.1, -0.05) is 30.3 Å². The molecule has 0 N–H and O–H groups in total. The molecule has 2 heteroatoms. The van der Waals surface area contributed by atoms with Crippen LogP contribution in [-0.4, -0.2) is 12.4 Å². The Morgan fingerprint density at radius 3 is 2.75 bits per heavy atom. The van der Waals surface area contributed by atoms with Crippen molar-refractivity contribution in [3.05, 3.63) is 64.7 Å². The fourth-order valence-corrected chi connectivity index (χ4v) is 2.75. The molecule has 0 heterocycles. The van der Waals surface area contributed by atoms with Gasteiger partial charge in [0.25, 0.3) is 0 Å². The zero-order chi connectivity index (χ0) is 13.9. The minimum absolute atomic E-state index is 0.0311. The lowest BCUT2D eigenvalue weighted by Gasteiger charge is -2.09. The number of Topliss-reactive ketones (excluding diaryl/α,β-unsaturated/α-hetero) is 1. The van der Waals surface area contributed by atoms with Crippen LogP contribution >= 0.6 is 0 Å². The van der Waals surface area contributed by atoms with Gasteiger partial charge in [0.2, 0.25) is 0 Å². The van der Waals surface area contributed by atoms with E-state index in [-0.39, 0.29) is 12.4 Å². The Hall–Kier alpha value is -2.09. The van der Waals surface area contributed by atoms with E-state index in [1.807, 2.05) is 37.3 Å². The minimum atomic E-state index is 0.0311. The molecule has 20 heavy (non-hydrogen) atoms. The normalized spacial score (nSPS) is 13.1. The molecule has 0 aliphatic heterocycles. The maximum atomic E-state index is 12.1. The number of benzene rings is 2. The fraction of sp³-hybridized carbons (Fsp3) is 0.278. The van der Waals surface area contributed by atoms with Gasteiger partial charge in [-0.3, -0.25) is 4.79 Å². The summed E-state index contributed by atoms with van der Waals surface area (Å²) in [6.07, 6.45) is 3.51. The molecule has 2 aromatic carbocycles. The summed E-state index contributed by atoms with van der Waals surface area (Å²) < 4.78 is 5.65. The summed E-state index contributed by atoms with van der Waals surface area (Å²) in [5.41, 5.74) is 4.53. The number of ketones is 1. The van der Waals surface area contributed by atoms with Gasteiger partial charge in [0.1, 0.15) is 5.75 Å². The van der Waals surface area contributed by atoms with E-state index in [9.17, 15) is 4.79 Å². The Bertz CT molecular complexity index is 644. The van der Waals surface area contributed by atoms with E-state index in [0.29, 0.717) is 0 Å². The van der Waals surface area contributed by atoms with E-state index < -0.39 is 0 Å². The first-order valence-electron chi connectivity index (χ1n) is 7.07. The molecule has 0 atom stereocenters. The van der Waals surface area contributed by atoms with Gasteiger partial charge in [0.05, 0.1) is 0 Å². The van der Waals surface area contributed by atoms with Crippen LogP contribution in [0.5, 0.6) is 5.75 Å². The number of fused-ring (bicyclic) bond motifs is 1. The van der Waals surface area contributed by atoms with E-state index in [0.717, 1.165) is 29.7 Å². The van der Waals surface area contributed by atoms with Gasteiger partial charge in [0, 0.05) is 5.56 Å². The molecule has 3 rings (SSSR count). The highest BCUT2D eigenvalue weighted by atomic mass is 16.5. The highest BCUT2D eigenvalue weighted by Gasteiger charge is 2.13. The van der Waals surface area contributed by atoms with Crippen LogP contribution in [0.2, 0.25) is 0 Å². The van der Waals surface area contributed by atoms with E-state index in [2.05, 4.69) is 12.1 Å². The second-order valence-electron chi connectivity index (χ2n) is 5.31. The van der Waals surface area contributed by atoms with E-state index in [1.54, 1.807) is 0 Å². The zero-order valence-corrected chi connectivity index (χ0v) is 11.7. The van der Waals surface area contributed by atoms with Crippen LogP contribution < -0.4 is 4.74 Å². The third-order valence-electron chi connectivity index (χ3n) is 3.89. The molecule has 0 fully saturated rings. The quantitative estimate of drug-likeness (QED) is 0.788. The van der Waals surface area contributed by atoms with E-state index in [4.69, 9.17) is 4.74 Å². The summed E-state index contributed by atoms with van der Waals surface area (Å²) in [5, 5.41) is 0. The number of hydrogen-bond acceptors (Lipinski definition) is 2. The number of carbonyl (C=O) groups is 1. The van der Waals surface area contributed by atoms with Crippen molar-refractivity contribution in [2.24, 2.45) is 0 Å². The molecule has 2 nitrogen and oxygen atoms in total. The number of rotatable bonds is 4. The minimum Gasteiger partial charge on any atom is -0.485 e. The van der Waals surface area contributed by atoms with E-state index in [1.165, 1.54) is 17.5 Å². The highest BCUT2D eigenvalue weighted by Crippen LogP contribution is 2.26. The summed E-state index contributed by atoms with van der Waals surface area (Å²) in [7, 11) is 0. The monoisotopic (exact) mass is 266 g/mol.